The lowest BCUT2D eigenvalue weighted by atomic mass is 10.1. The van der Waals surface area contributed by atoms with Crippen LogP contribution in [0.25, 0.3) is 16.9 Å². The van der Waals surface area contributed by atoms with Crippen LogP contribution in [0.4, 0.5) is 10.1 Å². The molecule has 1 aliphatic rings. The predicted octanol–water partition coefficient (Wildman–Crippen LogP) is 5.24. The van der Waals surface area contributed by atoms with E-state index in [-0.39, 0.29) is 30.6 Å². The molecule has 10 heteroatoms. The molecule has 5 rings (SSSR count). The minimum Gasteiger partial charge on any atom is -0.484 e. The van der Waals surface area contributed by atoms with Crippen molar-refractivity contribution in [3.05, 3.63) is 95.4 Å². The molecule has 1 aromatic heterocycles. The third-order valence-electron chi connectivity index (χ3n) is 6.60. The molecule has 40 heavy (non-hydrogen) atoms. The second-order valence-corrected chi connectivity index (χ2v) is 9.62. The van der Waals surface area contributed by atoms with E-state index in [0.29, 0.717) is 48.3 Å². The fourth-order valence-electron chi connectivity index (χ4n) is 4.49. The Morgan fingerprint density at radius 2 is 1.55 bits per heavy atom. The third kappa shape index (κ3) is 6.26. The van der Waals surface area contributed by atoms with Crippen LogP contribution in [0.15, 0.2) is 78.9 Å². The van der Waals surface area contributed by atoms with Crippen LogP contribution >= 0.6 is 11.6 Å². The number of nitrogens with zero attached hydrogens (tertiary/aromatic N) is 4. The number of halogens is 2. The molecule has 0 aliphatic carbocycles. The van der Waals surface area contributed by atoms with Crippen LogP contribution in [0.3, 0.4) is 0 Å². The molecule has 206 valence electrons. The number of hydrogen-bond acceptors (Lipinski definition) is 6. The molecule has 0 bridgehead atoms. The van der Waals surface area contributed by atoms with E-state index < -0.39 is 5.97 Å². The van der Waals surface area contributed by atoms with Crippen molar-refractivity contribution in [2.75, 3.05) is 44.3 Å². The number of carbonyl (C=O) groups is 2. The Kier molecular flexibility index (Phi) is 8.31. The fraction of sp³-hybridized carbons (Fsp3) is 0.233. The van der Waals surface area contributed by atoms with Crippen molar-refractivity contribution in [1.82, 2.24) is 14.7 Å². The lowest BCUT2D eigenvalue weighted by Gasteiger charge is -2.36. The minimum absolute atomic E-state index is 0.0220. The van der Waals surface area contributed by atoms with Gasteiger partial charge in [0.25, 0.3) is 5.91 Å². The van der Waals surface area contributed by atoms with E-state index >= 15 is 0 Å². The Morgan fingerprint density at radius 3 is 2.20 bits per heavy atom. The average molecular weight is 563 g/mol. The van der Waals surface area contributed by atoms with E-state index in [0.717, 1.165) is 11.3 Å². The first-order valence-corrected chi connectivity index (χ1v) is 13.3. The molecule has 1 amide bonds. The maximum absolute atomic E-state index is 13.5. The summed E-state index contributed by atoms with van der Waals surface area (Å²) < 4.78 is 25.9. The van der Waals surface area contributed by atoms with Crippen LogP contribution in [0.1, 0.15) is 17.4 Å². The first kappa shape index (κ1) is 27.2. The van der Waals surface area contributed by atoms with Crippen LogP contribution in [0, 0.1) is 5.82 Å². The summed E-state index contributed by atoms with van der Waals surface area (Å²) in [5.41, 5.74) is 3.33. The highest BCUT2D eigenvalue weighted by atomic mass is 35.5. The van der Waals surface area contributed by atoms with E-state index in [1.807, 2.05) is 24.3 Å². The molecular formula is C30H28ClFN4O4. The summed E-state index contributed by atoms with van der Waals surface area (Å²) in [5.74, 6) is -0.335. The Balaban J connectivity index is 1.25. The maximum atomic E-state index is 13.5. The predicted molar refractivity (Wildman–Crippen MR) is 151 cm³/mol. The van der Waals surface area contributed by atoms with Gasteiger partial charge in [-0.25, -0.2) is 13.9 Å². The van der Waals surface area contributed by atoms with Gasteiger partial charge in [-0.3, -0.25) is 4.79 Å². The van der Waals surface area contributed by atoms with Gasteiger partial charge < -0.3 is 19.3 Å². The number of rotatable bonds is 8. The molecule has 3 aromatic carbocycles. The fourth-order valence-corrected chi connectivity index (χ4v) is 4.62. The summed E-state index contributed by atoms with van der Waals surface area (Å²) in [5, 5.41) is 5.05. The topological polar surface area (TPSA) is 76.9 Å². The molecule has 1 aliphatic heterocycles. The molecular weight excluding hydrogens is 535 g/mol. The zero-order valence-corrected chi connectivity index (χ0v) is 22.7. The molecule has 0 saturated carbocycles. The first-order chi connectivity index (χ1) is 19.4. The van der Waals surface area contributed by atoms with Crippen molar-refractivity contribution >= 4 is 29.2 Å². The van der Waals surface area contributed by atoms with E-state index in [4.69, 9.17) is 21.1 Å². The third-order valence-corrected chi connectivity index (χ3v) is 6.85. The molecule has 1 fully saturated rings. The summed E-state index contributed by atoms with van der Waals surface area (Å²) in [6, 6.07) is 22.4. The Hall–Kier alpha value is -4.37. The van der Waals surface area contributed by atoms with Crippen LogP contribution in [0.2, 0.25) is 5.02 Å². The van der Waals surface area contributed by atoms with Crippen LogP contribution in [0.5, 0.6) is 5.75 Å². The van der Waals surface area contributed by atoms with Crippen molar-refractivity contribution in [3.63, 3.8) is 0 Å². The van der Waals surface area contributed by atoms with Gasteiger partial charge >= 0.3 is 5.97 Å². The zero-order chi connectivity index (χ0) is 28.1. The van der Waals surface area contributed by atoms with Gasteiger partial charge in [0.05, 0.1) is 18.0 Å². The zero-order valence-electron chi connectivity index (χ0n) is 21.9. The molecule has 0 radical (unpaired) electrons. The van der Waals surface area contributed by atoms with Crippen LogP contribution in [-0.2, 0) is 9.53 Å². The number of aromatic nitrogens is 2. The maximum Gasteiger partial charge on any atom is 0.358 e. The molecule has 0 atom stereocenters. The van der Waals surface area contributed by atoms with Gasteiger partial charge in [-0.2, -0.15) is 5.10 Å². The van der Waals surface area contributed by atoms with Gasteiger partial charge in [-0.15, -0.1) is 0 Å². The number of piperazine rings is 1. The summed E-state index contributed by atoms with van der Waals surface area (Å²) in [4.78, 5) is 29.0. The lowest BCUT2D eigenvalue weighted by molar-refractivity contribution is -0.133. The van der Waals surface area contributed by atoms with Crippen molar-refractivity contribution < 1.29 is 23.5 Å². The standard InChI is InChI=1S/C30H28ClFN4O4/c1-2-39-30(38)27-19-28(36(33-27)25-11-7-23(32)8-12-25)21-3-9-24(10-4-21)34-15-17-35(18-16-34)29(37)20-40-26-13-5-22(31)6-14-26/h3-14,19H,2,15-18,20H2,1H3. The molecule has 0 unspecified atom stereocenters. The number of carbonyl (C=O) groups excluding carboxylic acids is 2. The van der Waals surface area contributed by atoms with Crippen LogP contribution < -0.4 is 9.64 Å². The monoisotopic (exact) mass is 562 g/mol. The van der Waals surface area contributed by atoms with E-state index in [1.165, 1.54) is 12.1 Å². The van der Waals surface area contributed by atoms with Crippen molar-refractivity contribution in [1.29, 1.82) is 0 Å². The molecule has 1 saturated heterocycles. The Labute approximate surface area is 236 Å². The number of amides is 1. The number of anilines is 1. The average Bonchev–Trinajstić information content (AvgIpc) is 3.43. The summed E-state index contributed by atoms with van der Waals surface area (Å²) in [6.45, 7) is 4.50. The Bertz CT molecular complexity index is 1470. The Morgan fingerprint density at radius 1 is 0.900 bits per heavy atom. The highest BCUT2D eigenvalue weighted by Crippen LogP contribution is 2.28. The van der Waals surface area contributed by atoms with E-state index in [9.17, 15) is 14.0 Å². The van der Waals surface area contributed by atoms with E-state index in [1.54, 1.807) is 59.0 Å². The highest BCUT2D eigenvalue weighted by Gasteiger charge is 2.22. The van der Waals surface area contributed by atoms with Crippen molar-refractivity contribution in [2.24, 2.45) is 0 Å². The van der Waals surface area contributed by atoms with Gasteiger partial charge in [0.15, 0.2) is 12.3 Å². The SMILES string of the molecule is CCOC(=O)c1cc(-c2ccc(N3CCN(C(=O)COc4ccc(Cl)cc4)CC3)cc2)n(-c2ccc(F)cc2)n1. The summed E-state index contributed by atoms with van der Waals surface area (Å²) >= 11 is 5.89. The molecule has 0 N–H and O–H groups in total. The molecule has 2 heterocycles. The van der Waals surface area contributed by atoms with Gasteiger partial charge in [-0.1, -0.05) is 23.7 Å². The number of benzene rings is 3. The quantitative estimate of drug-likeness (QED) is 0.274. The molecule has 8 nitrogen and oxygen atoms in total. The largest absolute Gasteiger partial charge is 0.484 e. The molecule has 4 aromatic rings. The number of ether oxygens (including phenoxy) is 2. The van der Waals surface area contributed by atoms with Gasteiger partial charge in [0.1, 0.15) is 11.6 Å². The van der Waals surface area contributed by atoms with E-state index in [2.05, 4.69) is 10.00 Å². The van der Waals surface area contributed by atoms with Crippen molar-refractivity contribution in [3.8, 4) is 22.7 Å². The van der Waals surface area contributed by atoms with Crippen molar-refractivity contribution in [2.45, 2.75) is 6.92 Å². The first-order valence-electron chi connectivity index (χ1n) is 13.0. The van der Waals surface area contributed by atoms with Gasteiger partial charge in [-0.05, 0) is 73.7 Å². The smallest absolute Gasteiger partial charge is 0.358 e. The molecule has 0 spiro atoms. The lowest BCUT2D eigenvalue weighted by Crippen LogP contribution is -2.50. The minimum atomic E-state index is -0.521. The van der Waals surface area contributed by atoms with Gasteiger partial charge in [0, 0.05) is 42.5 Å². The number of esters is 1. The summed E-state index contributed by atoms with van der Waals surface area (Å²) in [6.07, 6.45) is 0. The second-order valence-electron chi connectivity index (χ2n) is 9.18. The number of hydrogen-bond donors (Lipinski definition) is 0. The second kappa shape index (κ2) is 12.2. The normalized spacial score (nSPS) is 13.3. The van der Waals surface area contributed by atoms with Gasteiger partial charge in [0.2, 0.25) is 0 Å². The highest BCUT2D eigenvalue weighted by molar-refractivity contribution is 6.30. The summed E-state index contributed by atoms with van der Waals surface area (Å²) in [7, 11) is 0. The van der Waals surface area contributed by atoms with Crippen LogP contribution in [-0.4, -0.2) is 65.9 Å².